The van der Waals surface area contributed by atoms with E-state index in [4.69, 9.17) is 21.4 Å². The van der Waals surface area contributed by atoms with Gasteiger partial charge in [-0.3, -0.25) is 4.79 Å². The van der Waals surface area contributed by atoms with Crippen molar-refractivity contribution in [2.75, 3.05) is 16.8 Å². The lowest BCUT2D eigenvalue weighted by Gasteiger charge is -2.05. The molecule has 1 aromatic heterocycles. The van der Waals surface area contributed by atoms with Gasteiger partial charge in [0.25, 0.3) is 5.97 Å². The number of aliphatic carboxylic acids is 1. The van der Waals surface area contributed by atoms with Gasteiger partial charge in [0.05, 0.1) is 0 Å². The zero-order valence-corrected chi connectivity index (χ0v) is 10.9. The van der Waals surface area contributed by atoms with Crippen molar-refractivity contribution in [3.8, 4) is 0 Å². The molecule has 0 amide bonds. The first-order valence-electron chi connectivity index (χ1n) is 5.71. The van der Waals surface area contributed by atoms with Crippen molar-refractivity contribution in [2.24, 2.45) is 0 Å². The van der Waals surface area contributed by atoms with Crippen molar-refractivity contribution in [1.82, 2.24) is 15.0 Å². The van der Waals surface area contributed by atoms with Crippen LogP contribution in [0.1, 0.15) is 12.5 Å². The molecule has 0 aliphatic carbocycles. The Labute approximate surface area is 115 Å². The third kappa shape index (κ3) is 6.15. The van der Waals surface area contributed by atoms with E-state index in [-0.39, 0.29) is 11.9 Å². The lowest BCUT2D eigenvalue weighted by Crippen LogP contribution is -2.09. The number of nitrogen functional groups attached to an aromatic ring is 2. The van der Waals surface area contributed by atoms with Crippen LogP contribution in [0, 0.1) is 0 Å². The van der Waals surface area contributed by atoms with E-state index in [2.05, 4.69) is 20.3 Å². The summed E-state index contributed by atoms with van der Waals surface area (Å²) in [7, 11) is 0. The molecule has 0 spiro atoms. The zero-order valence-electron chi connectivity index (χ0n) is 10.9. The Morgan fingerprint density at radius 1 is 1.15 bits per heavy atom. The molecule has 8 nitrogen and oxygen atoms in total. The monoisotopic (exact) mass is 276 g/mol. The number of carboxylic acids is 1. The van der Waals surface area contributed by atoms with Gasteiger partial charge in [0.2, 0.25) is 17.8 Å². The number of carbonyl (C=O) groups is 1. The molecule has 0 atom stereocenters. The topological polar surface area (TPSA) is 140 Å². The Morgan fingerprint density at radius 3 is 2.15 bits per heavy atom. The molecule has 0 aliphatic rings. The van der Waals surface area contributed by atoms with Gasteiger partial charge in [-0.15, -0.1) is 0 Å². The predicted octanol–water partition coefficient (Wildman–Crippen LogP) is 0.739. The second kappa shape index (κ2) is 7.52. The number of rotatable bonds is 3. The Bertz CT molecular complexity index is 537. The van der Waals surface area contributed by atoms with Gasteiger partial charge >= 0.3 is 0 Å². The van der Waals surface area contributed by atoms with Crippen molar-refractivity contribution >= 4 is 23.8 Å². The highest BCUT2D eigenvalue weighted by atomic mass is 16.4. The van der Waals surface area contributed by atoms with E-state index in [1.807, 2.05) is 30.3 Å². The summed E-state index contributed by atoms with van der Waals surface area (Å²) < 4.78 is 0. The summed E-state index contributed by atoms with van der Waals surface area (Å²) in [4.78, 5) is 20.5. The number of nitrogens with zero attached hydrogens (tertiary/aromatic N) is 3. The first kappa shape index (κ1) is 15.2. The second-order valence-electron chi connectivity index (χ2n) is 3.73. The molecule has 0 saturated heterocycles. The van der Waals surface area contributed by atoms with Crippen LogP contribution in [0.15, 0.2) is 30.3 Å². The van der Waals surface area contributed by atoms with Crippen LogP contribution in [0.5, 0.6) is 0 Å². The summed E-state index contributed by atoms with van der Waals surface area (Å²) in [5.41, 5.74) is 12.0. The largest absolute Gasteiger partial charge is 0.481 e. The molecule has 0 unspecified atom stereocenters. The van der Waals surface area contributed by atoms with Crippen molar-refractivity contribution < 1.29 is 9.90 Å². The smallest absolute Gasteiger partial charge is 0.300 e. The normalized spacial score (nSPS) is 9.25. The average molecular weight is 276 g/mol. The van der Waals surface area contributed by atoms with Crippen molar-refractivity contribution in [3.05, 3.63) is 35.9 Å². The fourth-order valence-electron chi connectivity index (χ4n) is 1.27. The maximum Gasteiger partial charge on any atom is 0.300 e. The van der Waals surface area contributed by atoms with E-state index in [1.54, 1.807) is 0 Å². The van der Waals surface area contributed by atoms with Gasteiger partial charge in [-0.25, -0.2) is 0 Å². The molecule has 20 heavy (non-hydrogen) atoms. The van der Waals surface area contributed by atoms with E-state index in [9.17, 15) is 0 Å². The zero-order chi connectivity index (χ0) is 15.0. The minimum Gasteiger partial charge on any atom is -0.481 e. The van der Waals surface area contributed by atoms with Crippen LogP contribution in [0.2, 0.25) is 0 Å². The Morgan fingerprint density at radius 2 is 1.65 bits per heavy atom. The summed E-state index contributed by atoms with van der Waals surface area (Å²) in [6.07, 6.45) is 0. The van der Waals surface area contributed by atoms with Gasteiger partial charge in [-0.1, -0.05) is 30.3 Å². The molecule has 1 heterocycles. The SMILES string of the molecule is CC(=O)O.Nc1nc(N)nc(NCc2ccccc2)n1. The lowest BCUT2D eigenvalue weighted by atomic mass is 10.2. The summed E-state index contributed by atoms with van der Waals surface area (Å²) >= 11 is 0. The highest BCUT2D eigenvalue weighted by Crippen LogP contribution is 2.06. The number of carboxylic acid groups (broad SMARTS) is 1. The molecule has 1 aromatic carbocycles. The first-order valence-corrected chi connectivity index (χ1v) is 5.71. The van der Waals surface area contributed by atoms with E-state index < -0.39 is 5.97 Å². The summed E-state index contributed by atoms with van der Waals surface area (Å²) in [5.74, 6) is -0.222. The molecule has 0 saturated carbocycles. The molecule has 0 fully saturated rings. The second-order valence-corrected chi connectivity index (χ2v) is 3.73. The Hall–Kier alpha value is -2.90. The molecule has 2 aromatic rings. The standard InChI is InChI=1S/C10H12N6.C2H4O2/c11-8-14-9(12)16-10(15-8)13-6-7-4-2-1-3-5-7;1-2(3)4/h1-5H,6H2,(H5,11,12,13,14,15,16);1H3,(H,3,4). The van der Waals surface area contributed by atoms with Gasteiger partial charge in [-0.2, -0.15) is 15.0 Å². The lowest BCUT2D eigenvalue weighted by molar-refractivity contribution is -0.134. The van der Waals surface area contributed by atoms with Crippen molar-refractivity contribution in [3.63, 3.8) is 0 Å². The molecule has 2 rings (SSSR count). The quantitative estimate of drug-likeness (QED) is 0.643. The molecule has 106 valence electrons. The fourth-order valence-corrected chi connectivity index (χ4v) is 1.27. The molecular weight excluding hydrogens is 260 g/mol. The Kier molecular flexibility index (Phi) is 5.70. The number of nitrogens with two attached hydrogens (primary N) is 2. The summed E-state index contributed by atoms with van der Waals surface area (Å²) in [6, 6.07) is 9.89. The predicted molar refractivity (Wildman–Crippen MR) is 75.7 cm³/mol. The van der Waals surface area contributed by atoms with E-state index >= 15 is 0 Å². The molecule has 0 bridgehead atoms. The van der Waals surface area contributed by atoms with Crippen LogP contribution < -0.4 is 16.8 Å². The van der Waals surface area contributed by atoms with E-state index in [0.29, 0.717) is 12.5 Å². The average Bonchev–Trinajstić information content (AvgIpc) is 2.36. The summed E-state index contributed by atoms with van der Waals surface area (Å²) in [5, 5.41) is 10.4. The highest BCUT2D eigenvalue weighted by Gasteiger charge is 2.00. The highest BCUT2D eigenvalue weighted by molar-refractivity contribution is 5.62. The number of benzene rings is 1. The summed E-state index contributed by atoms with van der Waals surface area (Å²) in [6.45, 7) is 1.70. The number of hydrogen-bond donors (Lipinski definition) is 4. The minimum absolute atomic E-state index is 0.114. The molecule has 8 heteroatoms. The van der Waals surface area contributed by atoms with E-state index in [0.717, 1.165) is 12.5 Å². The maximum absolute atomic E-state index is 9.00. The Balaban J connectivity index is 0.000000444. The van der Waals surface area contributed by atoms with Crippen molar-refractivity contribution in [2.45, 2.75) is 13.5 Å². The van der Waals surface area contributed by atoms with E-state index in [1.165, 1.54) is 0 Å². The number of anilines is 3. The van der Waals surface area contributed by atoms with Gasteiger partial charge < -0.3 is 21.9 Å². The van der Waals surface area contributed by atoms with Gasteiger partial charge in [-0.05, 0) is 5.56 Å². The molecule has 0 radical (unpaired) electrons. The minimum atomic E-state index is -0.833. The number of hydrogen-bond acceptors (Lipinski definition) is 7. The van der Waals surface area contributed by atoms with Crippen LogP contribution in [0.4, 0.5) is 17.8 Å². The van der Waals surface area contributed by atoms with Crippen LogP contribution >= 0.6 is 0 Å². The molecular formula is C12H16N6O2. The number of aromatic nitrogens is 3. The molecule has 6 N–H and O–H groups in total. The van der Waals surface area contributed by atoms with Crippen LogP contribution in [-0.2, 0) is 11.3 Å². The maximum atomic E-state index is 9.00. The third-order valence-electron chi connectivity index (χ3n) is 1.96. The third-order valence-corrected chi connectivity index (χ3v) is 1.96. The van der Waals surface area contributed by atoms with Gasteiger partial charge in [0.15, 0.2) is 0 Å². The molecule has 0 aliphatic heterocycles. The van der Waals surface area contributed by atoms with Crippen LogP contribution in [0.25, 0.3) is 0 Å². The van der Waals surface area contributed by atoms with Crippen LogP contribution in [-0.4, -0.2) is 26.0 Å². The van der Waals surface area contributed by atoms with Crippen molar-refractivity contribution in [1.29, 1.82) is 0 Å². The van der Waals surface area contributed by atoms with Gasteiger partial charge in [0, 0.05) is 13.5 Å². The number of nitrogens with one attached hydrogen (secondary N) is 1. The van der Waals surface area contributed by atoms with Crippen LogP contribution in [0.3, 0.4) is 0 Å². The van der Waals surface area contributed by atoms with Gasteiger partial charge in [0.1, 0.15) is 0 Å². The fraction of sp³-hybridized carbons (Fsp3) is 0.167. The first-order chi connectivity index (χ1) is 9.47.